The van der Waals surface area contributed by atoms with E-state index in [9.17, 15) is 9.59 Å². The second-order valence-electron chi connectivity index (χ2n) is 2.84. The molecule has 0 aromatic carbocycles. The summed E-state index contributed by atoms with van der Waals surface area (Å²) in [5.41, 5.74) is 0.316. The lowest BCUT2D eigenvalue weighted by atomic mass is 10.2. The van der Waals surface area contributed by atoms with Gasteiger partial charge in [-0.15, -0.1) is 0 Å². The number of amides is 1. The van der Waals surface area contributed by atoms with E-state index < -0.39 is 5.97 Å². The molecular formula is C10H16N2O3S. The van der Waals surface area contributed by atoms with Gasteiger partial charge in [-0.3, -0.25) is 9.59 Å². The molecule has 0 atom stereocenters. The summed E-state index contributed by atoms with van der Waals surface area (Å²) < 4.78 is 4.74. The molecule has 5 nitrogen and oxygen atoms in total. The molecule has 0 saturated heterocycles. The lowest BCUT2D eigenvalue weighted by Crippen LogP contribution is -2.27. The van der Waals surface area contributed by atoms with E-state index in [0.717, 1.165) is 0 Å². The highest BCUT2D eigenvalue weighted by Crippen LogP contribution is 1.97. The van der Waals surface area contributed by atoms with Crippen molar-refractivity contribution in [3.8, 4) is 0 Å². The van der Waals surface area contributed by atoms with Crippen LogP contribution in [0.15, 0.2) is 11.8 Å². The van der Waals surface area contributed by atoms with Crippen molar-refractivity contribution in [3.63, 3.8) is 0 Å². The van der Waals surface area contributed by atoms with E-state index in [0.29, 0.717) is 17.2 Å². The Labute approximate surface area is 100 Å². The maximum Gasteiger partial charge on any atom is 0.311 e. The zero-order chi connectivity index (χ0) is 12.6. The van der Waals surface area contributed by atoms with E-state index in [1.807, 2.05) is 0 Å². The minimum absolute atomic E-state index is 0.00531. The zero-order valence-corrected chi connectivity index (χ0v) is 10.4. The van der Waals surface area contributed by atoms with E-state index in [-0.39, 0.29) is 12.3 Å². The second-order valence-corrected chi connectivity index (χ2v) is 3.36. The molecular weight excluding hydrogens is 228 g/mol. The molecule has 0 aliphatic carbocycles. The Morgan fingerprint density at radius 2 is 1.94 bits per heavy atom. The third-order valence-corrected chi connectivity index (χ3v) is 1.93. The first kappa shape index (κ1) is 14.6. The van der Waals surface area contributed by atoms with Crippen molar-refractivity contribution in [2.75, 3.05) is 20.7 Å². The van der Waals surface area contributed by atoms with Gasteiger partial charge >= 0.3 is 5.97 Å². The molecule has 90 valence electrons. The molecule has 0 radical (unpaired) electrons. The number of hydrogen-bond donors (Lipinski definition) is 2. The molecule has 0 spiro atoms. The van der Waals surface area contributed by atoms with Crippen LogP contribution in [-0.2, 0) is 14.3 Å². The highest BCUT2D eigenvalue weighted by Gasteiger charge is 2.09. The van der Waals surface area contributed by atoms with Crippen molar-refractivity contribution in [3.05, 3.63) is 11.8 Å². The van der Waals surface area contributed by atoms with Gasteiger partial charge in [0.1, 0.15) is 5.70 Å². The number of carbonyl (C=O) groups excluding carboxylic acids is 2. The van der Waals surface area contributed by atoms with Gasteiger partial charge in [0.25, 0.3) is 5.91 Å². The second kappa shape index (κ2) is 7.81. The number of thiocarbonyl (C=S) groups is 1. The van der Waals surface area contributed by atoms with E-state index >= 15 is 0 Å². The highest BCUT2D eigenvalue weighted by atomic mass is 32.1. The van der Waals surface area contributed by atoms with Crippen molar-refractivity contribution >= 4 is 29.0 Å². The van der Waals surface area contributed by atoms with Crippen LogP contribution in [0.25, 0.3) is 0 Å². The summed E-state index contributed by atoms with van der Waals surface area (Å²) in [6.45, 7) is 2.04. The first-order chi connectivity index (χ1) is 7.54. The number of allylic oxidation sites excluding steroid dienone is 1. The average Bonchev–Trinajstić information content (AvgIpc) is 2.25. The van der Waals surface area contributed by atoms with Gasteiger partial charge in [0.05, 0.1) is 13.0 Å². The number of rotatable bonds is 6. The summed E-state index contributed by atoms with van der Waals surface area (Å²) in [6, 6.07) is 0. The average molecular weight is 244 g/mol. The topological polar surface area (TPSA) is 67.4 Å². The zero-order valence-electron chi connectivity index (χ0n) is 9.62. The molecule has 0 fully saturated rings. The van der Waals surface area contributed by atoms with Crippen LogP contribution < -0.4 is 10.6 Å². The van der Waals surface area contributed by atoms with Crippen LogP contribution in [0.5, 0.6) is 0 Å². The summed E-state index contributed by atoms with van der Waals surface area (Å²) >= 11 is 4.96. The first-order valence-corrected chi connectivity index (χ1v) is 5.25. The van der Waals surface area contributed by atoms with Crippen LogP contribution in [-0.4, -0.2) is 37.4 Å². The molecule has 0 saturated carbocycles. The van der Waals surface area contributed by atoms with Crippen molar-refractivity contribution in [1.82, 2.24) is 10.6 Å². The molecule has 0 rings (SSSR count). The molecule has 0 unspecified atom stereocenters. The standard InChI is InChI=1S/C10H16N2O3S/c1-4-15-9(13)6-7(16)5-8(11-2)10(14)12-3/h5,11H,4,6H2,1-3H3,(H,12,14)/b8-5-. The predicted octanol–water partition coefficient (Wildman–Crippen LogP) is 0.159. The van der Waals surface area contributed by atoms with Gasteiger partial charge < -0.3 is 15.4 Å². The maximum atomic E-state index is 11.3. The van der Waals surface area contributed by atoms with Crippen molar-refractivity contribution < 1.29 is 14.3 Å². The number of likely N-dealkylation sites (N-methyl/N-ethyl adjacent to an activating group) is 2. The number of ether oxygens (including phenoxy) is 1. The highest BCUT2D eigenvalue weighted by molar-refractivity contribution is 7.80. The SMILES string of the molecule is CCOC(=O)CC(=S)/C=C(\NC)C(=O)NC. The third-order valence-electron chi connectivity index (χ3n) is 1.67. The fraction of sp³-hybridized carbons (Fsp3) is 0.500. The molecule has 0 bridgehead atoms. The minimum atomic E-state index is -0.392. The lowest BCUT2D eigenvalue weighted by Gasteiger charge is -2.05. The molecule has 0 aromatic heterocycles. The molecule has 6 heteroatoms. The van der Waals surface area contributed by atoms with Gasteiger partial charge in [-0.2, -0.15) is 0 Å². The Balaban J connectivity index is 4.43. The van der Waals surface area contributed by atoms with Gasteiger partial charge in [-0.1, -0.05) is 12.2 Å². The van der Waals surface area contributed by atoms with Crippen LogP contribution in [0.2, 0.25) is 0 Å². The van der Waals surface area contributed by atoms with Crippen molar-refractivity contribution in [2.24, 2.45) is 0 Å². The Hall–Kier alpha value is -1.43. The van der Waals surface area contributed by atoms with E-state index in [4.69, 9.17) is 17.0 Å². The van der Waals surface area contributed by atoms with Crippen LogP contribution in [0.3, 0.4) is 0 Å². The molecule has 0 aromatic rings. The Morgan fingerprint density at radius 3 is 2.38 bits per heavy atom. The predicted molar refractivity (Wildman–Crippen MR) is 65.1 cm³/mol. The monoisotopic (exact) mass is 244 g/mol. The number of nitrogens with one attached hydrogen (secondary N) is 2. The van der Waals surface area contributed by atoms with Gasteiger partial charge in [-0.25, -0.2) is 0 Å². The Bertz CT molecular complexity index is 313. The third kappa shape index (κ3) is 5.45. The molecule has 0 aliphatic heterocycles. The molecule has 0 heterocycles. The summed E-state index contributed by atoms with van der Waals surface area (Å²) in [7, 11) is 3.12. The van der Waals surface area contributed by atoms with Gasteiger partial charge in [0.2, 0.25) is 0 Å². The van der Waals surface area contributed by atoms with E-state index in [1.165, 1.54) is 13.1 Å². The minimum Gasteiger partial charge on any atom is -0.466 e. The summed E-state index contributed by atoms with van der Waals surface area (Å²) in [5.74, 6) is -0.676. The quantitative estimate of drug-likeness (QED) is 0.396. The van der Waals surface area contributed by atoms with Crippen LogP contribution in [0, 0.1) is 0 Å². The lowest BCUT2D eigenvalue weighted by molar-refractivity contribution is -0.141. The molecule has 2 N–H and O–H groups in total. The maximum absolute atomic E-state index is 11.3. The van der Waals surface area contributed by atoms with E-state index in [2.05, 4.69) is 10.6 Å². The van der Waals surface area contributed by atoms with Crippen molar-refractivity contribution in [1.29, 1.82) is 0 Å². The molecule has 0 aliphatic rings. The summed E-state index contributed by atoms with van der Waals surface area (Å²) in [6.07, 6.45) is 1.45. The largest absolute Gasteiger partial charge is 0.466 e. The van der Waals surface area contributed by atoms with Crippen LogP contribution in [0.4, 0.5) is 0 Å². The molecule has 16 heavy (non-hydrogen) atoms. The van der Waals surface area contributed by atoms with Gasteiger partial charge in [-0.05, 0) is 13.0 Å². The fourth-order valence-electron chi connectivity index (χ4n) is 0.952. The van der Waals surface area contributed by atoms with Crippen LogP contribution >= 0.6 is 12.2 Å². The first-order valence-electron chi connectivity index (χ1n) is 4.85. The van der Waals surface area contributed by atoms with Gasteiger partial charge in [0, 0.05) is 19.0 Å². The smallest absolute Gasteiger partial charge is 0.311 e. The number of esters is 1. The van der Waals surface area contributed by atoms with Gasteiger partial charge in [0.15, 0.2) is 0 Å². The Morgan fingerprint density at radius 1 is 1.31 bits per heavy atom. The number of carbonyl (C=O) groups is 2. The van der Waals surface area contributed by atoms with Crippen molar-refractivity contribution in [2.45, 2.75) is 13.3 Å². The molecule has 1 amide bonds. The summed E-state index contributed by atoms with van der Waals surface area (Å²) in [5, 5.41) is 5.15. The van der Waals surface area contributed by atoms with E-state index in [1.54, 1.807) is 14.0 Å². The fourth-order valence-corrected chi connectivity index (χ4v) is 1.19. The normalized spacial score (nSPS) is 10.6. The summed E-state index contributed by atoms with van der Waals surface area (Å²) in [4.78, 5) is 22.7. The number of hydrogen-bond acceptors (Lipinski definition) is 5. The Kier molecular flexibility index (Phi) is 7.11. The van der Waals surface area contributed by atoms with Crippen LogP contribution in [0.1, 0.15) is 13.3 Å².